The fourth-order valence-electron chi connectivity index (χ4n) is 6.81. The zero-order valence-electron chi connectivity index (χ0n) is 34.6. The van der Waals surface area contributed by atoms with Crippen LogP contribution in [-0.2, 0) is 6.42 Å². The summed E-state index contributed by atoms with van der Waals surface area (Å²) < 4.78 is 8.83. The highest BCUT2D eigenvalue weighted by atomic mass is 16.5. The summed E-state index contributed by atoms with van der Waals surface area (Å²) >= 11 is 0. The molecule has 3 heterocycles. The Morgan fingerprint density at radius 1 is 0.619 bits per heavy atom. The van der Waals surface area contributed by atoms with Gasteiger partial charge in [-0.2, -0.15) is 19.3 Å². The number of carbonyl (C=O) groups is 4. The molecule has 0 spiro atoms. The minimum atomic E-state index is -0.327. The lowest BCUT2D eigenvalue weighted by atomic mass is 10.1. The van der Waals surface area contributed by atoms with Crippen LogP contribution in [0.25, 0.3) is 11.4 Å². The van der Waals surface area contributed by atoms with E-state index in [4.69, 9.17) is 4.74 Å². The van der Waals surface area contributed by atoms with Crippen molar-refractivity contribution in [3.63, 3.8) is 0 Å². The second-order valence-electron chi connectivity index (χ2n) is 14.6. The third-order valence-corrected chi connectivity index (χ3v) is 9.98. The van der Waals surface area contributed by atoms with Crippen molar-refractivity contribution in [2.75, 3.05) is 22.3 Å². The first-order chi connectivity index (χ1) is 30.6. The highest BCUT2D eigenvalue weighted by Crippen LogP contribution is 2.29. The van der Waals surface area contributed by atoms with E-state index in [1.807, 2.05) is 130 Å². The number of nitrogens with zero attached hydrogens (tertiary/aromatic N) is 7. The molecular formula is C49H41N9O5. The molecule has 0 fully saturated rings. The Labute approximate surface area is 362 Å². The topological polar surface area (TPSA) is 166 Å². The molecule has 2 aromatic heterocycles. The standard InChI is InChI=1S/C25H22N4O2.C24H19N5O3/c1-17-8-6-10-19(14-17)22(30)16-23-26-25(29(28-23)21-12-4-3-5-13-21)27-24(31)20-11-7-9-18(2)15-20;1-16-9-5-6-12-18(16)21(30)25-23-26-24(29(27-23)17-10-3-2-4-11-17)28-15-32-20-14-8-7-13-19(20)22(28)31/h3-15H,16H2,1-2H3,(H,26,27,28,31);2-14H,15H2,1H3,(H,25,27,30). The lowest BCUT2D eigenvalue weighted by molar-refractivity contribution is 0.0931. The summed E-state index contributed by atoms with van der Waals surface area (Å²) in [5, 5.41) is 14.5. The number of aryl methyl sites for hydroxylation is 3. The van der Waals surface area contributed by atoms with Crippen LogP contribution in [0.3, 0.4) is 0 Å². The number of hydrogen-bond donors (Lipinski definition) is 2. The number of para-hydroxylation sites is 3. The smallest absolute Gasteiger partial charge is 0.267 e. The minimum Gasteiger partial charge on any atom is -0.472 e. The Kier molecular flexibility index (Phi) is 12.0. The molecule has 1 aliphatic heterocycles. The molecule has 63 heavy (non-hydrogen) atoms. The molecule has 6 aromatic carbocycles. The Balaban J connectivity index is 0.000000173. The number of aromatic nitrogens is 6. The summed E-state index contributed by atoms with van der Waals surface area (Å²) in [7, 11) is 0. The Morgan fingerprint density at radius 3 is 1.94 bits per heavy atom. The van der Waals surface area contributed by atoms with Crippen LogP contribution < -0.4 is 20.3 Å². The van der Waals surface area contributed by atoms with Crippen LogP contribution in [0.4, 0.5) is 17.8 Å². The molecule has 0 unspecified atom stereocenters. The maximum atomic E-state index is 13.2. The Morgan fingerprint density at radius 2 is 1.24 bits per heavy atom. The van der Waals surface area contributed by atoms with Gasteiger partial charge in [-0.15, -0.1) is 10.2 Å². The molecule has 0 radical (unpaired) electrons. The number of ketones is 1. The summed E-state index contributed by atoms with van der Waals surface area (Å²) in [6.07, 6.45) is 0.0383. The molecule has 2 N–H and O–H groups in total. The van der Waals surface area contributed by atoms with Gasteiger partial charge in [-0.3, -0.25) is 29.8 Å². The molecule has 9 rings (SSSR count). The van der Waals surface area contributed by atoms with Gasteiger partial charge in [-0.25, -0.2) is 4.90 Å². The molecule has 0 bridgehead atoms. The van der Waals surface area contributed by atoms with E-state index in [2.05, 4.69) is 30.8 Å². The average Bonchev–Trinajstić information content (AvgIpc) is 3.91. The van der Waals surface area contributed by atoms with Gasteiger partial charge in [0.2, 0.25) is 11.9 Å². The molecule has 0 saturated heterocycles. The second kappa shape index (κ2) is 18.4. The van der Waals surface area contributed by atoms with Gasteiger partial charge in [0.25, 0.3) is 23.7 Å². The number of Topliss-reactive ketones (excluding diaryl/α,β-unsaturated/α-hetero) is 1. The van der Waals surface area contributed by atoms with E-state index in [-0.39, 0.29) is 54.5 Å². The fourth-order valence-corrected chi connectivity index (χ4v) is 6.81. The van der Waals surface area contributed by atoms with Gasteiger partial charge >= 0.3 is 0 Å². The summed E-state index contributed by atoms with van der Waals surface area (Å²) in [5.74, 6) is 0.516. The van der Waals surface area contributed by atoms with Crippen molar-refractivity contribution in [3.05, 3.63) is 202 Å². The molecule has 0 saturated carbocycles. The highest BCUT2D eigenvalue weighted by Gasteiger charge is 2.31. The van der Waals surface area contributed by atoms with E-state index in [9.17, 15) is 19.2 Å². The van der Waals surface area contributed by atoms with E-state index < -0.39 is 0 Å². The fraction of sp³-hybridized carbons (Fsp3) is 0.102. The first kappa shape index (κ1) is 41.2. The third kappa shape index (κ3) is 9.45. The number of nitrogens with one attached hydrogen (secondary N) is 2. The average molecular weight is 836 g/mol. The monoisotopic (exact) mass is 835 g/mol. The predicted molar refractivity (Wildman–Crippen MR) is 239 cm³/mol. The van der Waals surface area contributed by atoms with E-state index in [1.165, 1.54) is 9.58 Å². The van der Waals surface area contributed by atoms with Gasteiger partial charge in [-0.1, -0.05) is 108 Å². The molecule has 0 aliphatic carbocycles. The summed E-state index contributed by atoms with van der Waals surface area (Å²) in [6, 6.07) is 47.7. The molecule has 312 valence electrons. The molecule has 14 nitrogen and oxygen atoms in total. The first-order valence-corrected chi connectivity index (χ1v) is 20.0. The van der Waals surface area contributed by atoms with Gasteiger partial charge < -0.3 is 4.74 Å². The van der Waals surface area contributed by atoms with Gasteiger partial charge in [0.15, 0.2) is 18.3 Å². The number of carbonyl (C=O) groups excluding carboxylic acids is 4. The van der Waals surface area contributed by atoms with Gasteiger partial charge in [0.1, 0.15) is 5.75 Å². The minimum absolute atomic E-state index is 0.0213. The van der Waals surface area contributed by atoms with Gasteiger partial charge in [-0.05, 0) is 87.0 Å². The van der Waals surface area contributed by atoms with Crippen molar-refractivity contribution in [1.82, 2.24) is 29.5 Å². The number of fused-ring (bicyclic) bond motifs is 1. The molecular weight excluding hydrogens is 795 g/mol. The number of amides is 3. The van der Waals surface area contributed by atoms with E-state index in [0.717, 1.165) is 22.4 Å². The number of rotatable bonds is 10. The van der Waals surface area contributed by atoms with Gasteiger partial charge in [0, 0.05) is 16.7 Å². The van der Waals surface area contributed by atoms with E-state index in [1.54, 1.807) is 53.2 Å². The van der Waals surface area contributed by atoms with Crippen LogP contribution in [0.2, 0.25) is 0 Å². The van der Waals surface area contributed by atoms with E-state index in [0.29, 0.717) is 39.5 Å². The zero-order valence-corrected chi connectivity index (χ0v) is 34.6. The van der Waals surface area contributed by atoms with Crippen molar-refractivity contribution >= 4 is 41.3 Å². The maximum absolute atomic E-state index is 13.2. The third-order valence-electron chi connectivity index (χ3n) is 9.98. The van der Waals surface area contributed by atoms with Crippen molar-refractivity contribution < 1.29 is 23.9 Å². The van der Waals surface area contributed by atoms with Crippen molar-refractivity contribution in [2.45, 2.75) is 27.2 Å². The highest BCUT2D eigenvalue weighted by molar-refractivity contribution is 6.08. The Bertz CT molecular complexity index is 2960. The zero-order chi connectivity index (χ0) is 43.9. The number of benzene rings is 6. The normalized spacial score (nSPS) is 11.7. The first-order valence-electron chi connectivity index (χ1n) is 20.0. The molecule has 8 aromatic rings. The Hall–Kier alpha value is -8.52. The van der Waals surface area contributed by atoms with Crippen molar-refractivity contribution in [1.29, 1.82) is 0 Å². The maximum Gasteiger partial charge on any atom is 0.267 e. The van der Waals surface area contributed by atoms with Crippen LogP contribution in [0, 0.1) is 20.8 Å². The quantitative estimate of drug-likeness (QED) is 0.129. The molecule has 3 amide bonds. The number of anilines is 3. The van der Waals surface area contributed by atoms with E-state index >= 15 is 0 Å². The summed E-state index contributed by atoms with van der Waals surface area (Å²) in [5.41, 5.74) is 6.37. The lowest BCUT2D eigenvalue weighted by Gasteiger charge is -2.27. The van der Waals surface area contributed by atoms with Crippen LogP contribution >= 0.6 is 0 Å². The molecule has 1 aliphatic rings. The lowest BCUT2D eigenvalue weighted by Crippen LogP contribution is -2.40. The molecule has 0 atom stereocenters. The number of ether oxygens (including phenoxy) is 1. The second-order valence-corrected chi connectivity index (χ2v) is 14.6. The van der Waals surface area contributed by atoms with Crippen LogP contribution in [0.5, 0.6) is 5.75 Å². The van der Waals surface area contributed by atoms with Crippen molar-refractivity contribution in [3.8, 4) is 17.1 Å². The van der Waals surface area contributed by atoms with Crippen LogP contribution in [-0.4, -0.2) is 59.8 Å². The van der Waals surface area contributed by atoms with Crippen LogP contribution in [0.1, 0.15) is 63.9 Å². The van der Waals surface area contributed by atoms with Gasteiger partial charge in [0.05, 0.1) is 23.4 Å². The predicted octanol–water partition coefficient (Wildman–Crippen LogP) is 8.39. The van der Waals surface area contributed by atoms with Crippen molar-refractivity contribution in [2.24, 2.45) is 0 Å². The largest absolute Gasteiger partial charge is 0.472 e. The summed E-state index contributed by atoms with van der Waals surface area (Å²) in [6.45, 7) is 5.71. The van der Waals surface area contributed by atoms with Crippen LogP contribution in [0.15, 0.2) is 158 Å². The summed E-state index contributed by atoms with van der Waals surface area (Å²) in [4.78, 5) is 61.8. The molecule has 14 heteroatoms. The number of hydrogen-bond acceptors (Lipinski definition) is 9. The SMILES string of the molecule is Cc1cccc(C(=O)Cc2nc(NC(=O)c3cccc(C)c3)n(-c3ccccc3)n2)c1.Cc1ccccc1C(=O)Nc1nc(N2COc3ccccc3C2=O)n(-c2ccccc2)n1.